The summed E-state index contributed by atoms with van der Waals surface area (Å²) in [6.45, 7) is 0.316. The van der Waals surface area contributed by atoms with E-state index in [9.17, 15) is 14.0 Å². The van der Waals surface area contributed by atoms with Crippen LogP contribution >= 0.6 is 11.6 Å². The highest BCUT2D eigenvalue weighted by molar-refractivity contribution is 6.32. The number of ether oxygens (including phenoxy) is 1. The zero-order valence-electron chi connectivity index (χ0n) is 20.8. The standard InChI is InChI=1S/C29H25ClFN5O3/c30-26-4-2-1-3-21(26)6-5-20-17-27(35(18-20)28(37)19-36-32-15-16-33-36)29(38)34-23-9-13-25(14-10-23)39-24-11-7-22(31)8-12-24/h1-16,20,27H,17-19H2,(H,34,38). The van der Waals surface area contributed by atoms with Gasteiger partial charge in [-0.15, -0.1) is 0 Å². The Morgan fingerprint density at radius 3 is 2.36 bits per heavy atom. The van der Waals surface area contributed by atoms with Crippen molar-refractivity contribution in [3.8, 4) is 11.5 Å². The molecule has 198 valence electrons. The van der Waals surface area contributed by atoms with Gasteiger partial charge in [0.1, 0.15) is 29.9 Å². The van der Waals surface area contributed by atoms with Crippen LogP contribution in [0.25, 0.3) is 6.08 Å². The van der Waals surface area contributed by atoms with Gasteiger partial charge in [-0.3, -0.25) is 9.59 Å². The third-order valence-corrected chi connectivity index (χ3v) is 6.67. The topological polar surface area (TPSA) is 89.4 Å². The predicted molar refractivity (Wildman–Crippen MR) is 146 cm³/mol. The number of hydrogen-bond acceptors (Lipinski definition) is 5. The van der Waals surface area contributed by atoms with Gasteiger partial charge in [0.15, 0.2) is 0 Å². The van der Waals surface area contributed by atoms with Gasteiger partial charge in [0.2, 0.25) is 11.8 Å². The summed E-state index contributed by atoms with van der Waals surface area (Å²) < 4.78 is 18.8. The van der Waals surface area contributed by atoms with Crippen molar-refractivity contribution >= 4 is 35.2 Å². The second kappa shape index (κ2) is 11.9. The SMILES string of the molecule is O=C(Nc1ccc(Oc2ccc(F)cc2)cc1)C1CC(C=Cc2ccccc2Cl)CN1C(=O)Cn1nccn1. The van der Waals surface area contributed by atoms with Gasteiger partial charge >= 0.3 is 0 Å². The van der Waals surface area contributed by atoms with Gasteiger partial charge in [-0.2, -0.15) is 15.0 Å². The predicted octanol–water partition coefficient (Wildman–Crippen LogP) is 5.43. The summed E-state index contributed by atoms with van der Waals surface area (Å²) >= 11 is 6.28. The van der Waals surface area contributed by atoms with Crippen LogP contribution < -0.4 is 10.1 Å². The molecule has 0 radical (unpaired) electrons. The van der Waals surface area contributed by atoms with Crippen molar-refractivity contribution in [2.45, 2.75) is 19.0 Å². The maximum atomic E-state index is 13.4. The quantitative estimate of drug-likeness (QED) is 0.319. The van der Waals surface area contributed by atoms with Gasteiger partial charge in [-0.1, -0.05) is 42.0 Å². The fourth-order valence-electron chi connectivity index (χ4n) is 4.39. The largest absolute Gasteiger partial charge is 0.457 e. The summed E-state index contributed by atoms with van der Waals surface area (Å²) in [6, 6.07) is 19.3. The highest BCUT2D eigenvalue weighted by Gasteiger charge is 2.38. The Bertz CT molecular complexity index is 1460. The number of nitrogens with zero attached hydrogens (tertiary/aromatic N) is 4. The molecule has 0 saturated carbocycles. The van der Waals surface area contributed by atoms with Crippen LogP contribution in [0.3, 0.4) is 0 Å². The van der Waals surface area contributed by atoms with Crippen molar-refractivity contribution < 1.29 is 18.7 Å². The number of carbonyl (C=O) groups is 2. The number of hydrogen-bond donors (Lipinski definition) is 1. The zero-order valence-corrected chi connectivity index (χ0v) is 21.5. The Hall–Kier alpha value is -4.50. The monoisotopic (exact) mass is 545 g/mol. The van der Waals surface area contributed by atoms with E-state index >= 15 is 0 Å². The molecule has 1 fully saturated rings. The molecule has 2 unspecified atom stereocenters. The van der Waals surface area contributed by atoms with Crippen LogP contribution in [0, 0.1) is 11.7 Å². The minimum absolute atomic E-state index is 0.0435. The summed E-state index contributed by atoms with van der Waals surface area (Å²) in [7, 11) is 0. The number of nitrogens with one attached hydrogen (secondary N) is 1. The number of benzene rings is 3. The third-order valence-electron chi connectivity index (χ3n) is 6.32. The van der Waals surface area contributed by atoms with E-state index in [1.54, 1.807) is 29.2 Å². The third kappa shape index (κ3) is 6.69. The molecule has 0 bridgehead atoms. The molecule has 39 heavy (non-hydrogen) atoms. The molecule has 4 aromatic rings. The summed E-state index contributed by atoms with van der Waals surface area (Å²) in [6.07, 6.45) is 7.37. The number of halogens is 2. The summed E-state index contributed by atoms with van der Waals surface area (Å²) in [5.41, 5.74) is 1.43. The highest BCUT2D eigenvalue weighted by atomic mass is 35.5. The van der Waals surface area contributed by atoms with E-state index in [-0.39, 0.29) is 30.1 Å². The summed E-state index contributed by atoms with van der Waals surface area (Å²) in [5, 5.41) is 11.6. The molecule has 1 aliphatic heterocycles. The first-order chi connectivity index (χ1) is 18.9. The van der Waals surface area contributed by atoms with Crippen LogP contribution in [0.15, 0.2) is 91.3 Å². The first-order valence-electron chi connectivity index (χ1n) is 12.4. The maximum Gasteiger partial charge on any atom is 0.247 e. The first kappa shape index (κ1) is 26.1. The van der Waals surface area contributed by atoms with Crippen LogP contribution in [0.5, 0.6) is 11.5 Å². The van der Waals surface area contributed by atoms with E-state index in [1.165, 1.54) is 41.5 Å². The van der Waals surface area contributed by atoms with Gasteiger partial charge in [0, 0.05) is 17.3 Å². The van der Waals surface area contributed by atoms with E-state index < -0.39 is 6.04 Å². The molecule has 0 spiro atoms. The fourth-order valence-corrected chi connectivity index (χ4v) is 4.59. The second-order valence-corrected chi connectivity index (χ2v) is 9.47. The first-order valence-corrected chi connectivity index (χ1v) is 12.7. The Morgan fingerprint density at radius 2 is 1.67 bits per heavy atom. The van der Waals surface area contributed by atoms with Crippen LogP contribution in [-0.4, -0.2) is 44.3 Å². The Balaban J connectivity index is 1.28. The smallest absolute Gasteiger partial charge is 0.247 e. The molecule has 1 N–H and O–H groups in total. The lowest BCUT2D eigenvalue weighted by Gasteiger charge is -2.23. The minimum Gasteiger partial charge on any atom is -0.457 e. The lowest BCUT2D eigenvalue weighted by atomic mass is 10.0. The molecule has 1 aliphatic rings. The van der Waals surface area contributed by atoms with E-state index in [4.69, 9.17) is 16.3 Å². The molecule has 1 saturated heterocycles. The van der Waals surface area contributed by atoms with Gasteiger partial charge in [0.05, 0.1) is 12.4 Å². The Kier molecular flexibility index (Phi) is 7.98. The molecule has 2 amide bonds. The molecule has 0 aliphatic carbocycles. The normalized spacial score (nSPS) is 16.9. The number of aromatic nitrogens is 3. The second-order valence-electron chi connectivity index (χ2n) is 9.07. The molecular formula is C29H25ClFN5O3. The van der Waals surface area contributed by atoms with Crippen molar-refractivity contribution in [3.05, 3.63) is 108 Å². The van der Waals surface area contributed by atoms with Crippen molar-refractivity contribution in [2.75, 3.05) is 11.9 Å². The molecule has 8 nitrogen and oxygen atoms in total. The Labute approximate surface area is 229 Å². The maximum absolute atomic E-state index is 13.4. The zero-order chi connectivity index (χ0) is 27.2. The van der Waals surface area contributed by atoms with Gasteiger partial charge in [-0.25, -0.2) is 4.39 Å². The van der Waals surface area contributed by atoms with Crippen molar-refractivity contribution in [1.29, 1.82) is 0 Å². The van der Waals surface area contributed by atoms with E-state index in [0.717, 1.165) is 5.56 Å². The van der Waals surface area contributed by atoms with Gasteiger partial charge in [0.25, 0.3) is 0 Å². The molecule has 1 aromatic heterocycles. The summed E-state index contributed by atoms with van der Waals surface area (Å²) in [5.74, 6) is 0.102. The minimum atomic E-state index is -0.677. The molecular weight excluding hydrogens is 521 g/mol. The number of likely N-dealkylation sites (tertiary alicyclic amines) is 1. The van der Waals surface area contributed by atoms with Crippen LogP contribution in [-0.2, 0) is 16.1 Å². The van der Waals surface area contributed by atoms with Crippen molar-refractivity contribution in [2.24, 2.45) is 5.92 Å². The Morgan fingerprint density at radius 1 is 1.00 bits per heavy atom. The average Bonchev–Trinajstić information content (AvgIpc) is 3.61. The lowest BCUT2D eigenvalue weighted by Crippen LogP contribution is -2.44. The van der Waals surface area contributed by atoms with E-state index in [0.29, 0.717) is 35.2 Å². The van der Waals surface area contributed by atoms with Gasteiger partial charge in [-0.05, 0) is 72.5 Å². The molecule has 5 rings (SSSR count). The van der Waals surface area contributed by atoms with Gasteiger partial charge < -0.3 is 15.0 Å². The molecule has 10 heteroatoms. The fraction of sp³-hybridized carbons (Fsp3) is 0.172. The molecule has 3 aromatic carbocycles. The van der Waals surface area contributed by atoms with Crippen molar-refractivity contribution in [3.63, 3.8) is 0 Å². The van der Waals surface area contributed by atoms with E-state index in [1.807, 2.05) is 36.4 Å². The van der Waals surface area contributed by atoms with Crippen molar-refractivity contribution in [1.82, 2.24) is 19.9 Å². The van der Waals surface area contributed by atoms with E-state index in [2.05, 4.69) is 15.5 Å². The van der Waals surface area contributed by atoms with Crippen LogP contribution in [0.4, 0.5) is 10.1 Å². The number of anilines is 1. The molecule has 2 heterocycles. The average molecular weight is 546 g/mol. The van der Waals surface area contributed by atoms with Crippen LogP contribution in [0.1, 0.15) is 12.0 Å². The van der Waals surface area contributed by atoms with Crippen LogP contribution in [0.2, 0.25) is 5.02 Å². The lowest BCUT2D eigenvalue weighted by molar-refractivity contribution is -0.137. The number of amides is 2. The number of rotatable bonds is 8. The number of carbonyl (C=O) groups excluding carboxylic acids is 2. The molecule has 2 atom stereocenters. The highest BCUT2D eigenvalue weighted by Crippen LogP contribution is 2.29. The summed E-state index contributed by atoms with van der Waals surface area (Å²) in [4.78, 5) is 29.4.